The van der Waals surface area contributed by atoms with Crippen LogP contribution in [-0.4, -0.2) is 32.1 Å². The minimum absolute atomic E-state index is 0.132. The number of rotatable bonds is 9. The normalized spacial score (nSPS) is 11.9. The molecule has 3 N–H and O–H groups in total. The maximum absolute atomic E-state index is 11.6. The van der Waals surface area contributed by atoms with Gasteiger partial charge in [0.25, 0.3) is 0 Å². The van der Waals surface area contributed by atoms with E-state index in [1.54, 1.807) is 0 Å². The Morgan fingerprint density at radius 2 is 2.00 bits per heavy atom. The first-order valence-corrected chi connectivity index (χ1v) is 7.38. The Morgan fingerprint density at radius 3 is 2.65 bits per heavy atom. The molecule has 0 fully saturated rings. The zero-order valence-corrected chi connectivity index (χ0v) is 12.6. The van der Waals surface area contributed by atoms with Gasteiger partial charge in [-0.05, 0) is 38.3 Å². The number of nitrogens with zero attached hydrogens (tertiary/aromatic N) is 1. The molecule has 0 saturated carbocycles. The van der Waals surface area contributed by atoms with Crippen molar-refractivity contribution in [2.75, 3.05) is 25.0 Å². The van der Waals surface area contributed by atoms with Gasteiger partial charge in [0.05, 0.1) is 0 Å². The molecule has 112 valence electrons. The molecule has 0 aliphatic carbocycles. The van der Waals surface area contributed by atoms with Crippen molar-refractivity contribution in [3.05, 3.63) is 30.3 Å². The summed E-state index contributed by atoms with van der Waals surface area (Å²) in [7, 11) is 2.07. The van der Waals surface area contributed by atoms with Crippen molar-refractivity contribution >= 4 is 11.6 Å². The number of para-hydroxylation sites is 1. The standard InChI is InChI=1S/C16H27N3O/c1-14(17)8-6-11-16(20)18-12-7-13-19(2)15-9-4-3-5-10-15/h3-5,9-10,14H,6-8,11-13,17H2,1-2H3,(H,18,20). The number of nitrogens with one attached hydrogen (secondary N) is 1. The molecular weight excluding hydrogens is 250 g/mol. The van der Waals surface area contributed by atoms with Crippen molar-refractivity contribution in [2.45, 2.75) is 38.6 Å². The van der Waals surface area contributed by atoms with E-state index in [-0.39, 0.29) is 11.9 Å². The summed E-state index contributed by atoms with van der Waals surface area (Å²) in [6.45, 7) is 3.63. The molecule has 0 spiro atoms. The predicted molar refractivity (Wildman–Crippen MR) is 84.8 cm³/mol. The Morgan fingerprint density at radius 1 is 1.30 bits per heavy atom. The summed E-state index contributed by atoms with van der Waals surface area (Å²) in [6.07, 6.45) is 3.30. The second-order valence-corrected chi connectivity index (χ2v) is 5.33. The lowest BCUT2D eigenvalue weighted by Gasteiger charge is -2.19. The van der Waals surface area contributed by atoms with E-state index < -0.39 is 0 Å². The largest absolute Gasteiger partial charge is 0.375 e. The molecule has 1 aromatic carbocycles. The van der Waals surface area contributed by atoms with Gasteiger partial charge >= 0.3 is 0 Å². The molecule has 1 aromatic rings. The highest BCUT2D eigenvalue weighted by Gasteiger charge is 2.03. The third kappa shape index (κ3) is 7.14. The van der Waals surface area contributed by atoms with E-state index in [9.17, 15) is 4.79 Å². The molecule has 0 heterocycles. The van der Waals surface area contributed by atoms with Crippen molar-refractivity contribution in [2.24, 2.45) is 5.73 Å². The van der Waals surface area contributed by atoms with Gasteiger partial charge in [0.15, 0.2) is 0 Å². The predicted octanol–water partition coefficient (Wildman–Crippen LogP) is 2.15. The van der Waals surface area contributed by atoms with E-state index >= 15 is 0 Å². The van der Waals surface area contributed by atoms with Gasteiger partial charge in [-0.3, -0.25) is 4.79 Å². The Kier molecular flexibility index (Phi) is 7.73. The van der Waals surface area contributed by atoms with Crippen LogP contribution in [0.25, 0.3) is 0 Å². The molecule has 0 aromatic heterocycles. The van der Waals surface area contributed by atoms with E-state index in [0.717, 1.165) is 32.4 Å². The van der Waals surface area contributed by atoms with Gasteiger partial charge in [0.1, 0.15) is 0 Å². The fraction of sp³-hybridized carbons (Fsp3) is 0.562. The summed E-state index contributed by atoms with van der Waals surface area (Å²) in [4.78, 5) is 13.8. The molecule has 1 atom stereocenters. The highest BCUT2D eigenvalue weighted by Crippen LogP contribution is 2.10. The van der Waals surface area contributed by atoms with Crippen LogP contribution in [0, 0.1) is 0 Å². The average Bonchev–Trinajstić information content (AvgIpc) is 2.44. The number of nitrogens with two attached hydrogens (primary N) is 1. The van der Waals surface area contributed by atoms with Gasteiger partial charge in [-0.25, -0.2) is 0 Å². The lowest BCUT2D eigenvalue weighted by Crippen LogP contribution is -2.28. The summed E-state index contributed by atoms with van der Waals surface area (Å²) < 4.78 is 0. The zero-order chi connectivity index (χ0) is 14.8. The quantitative estimate of drug-likeness (QED) is 0.680. The lowest BCUT2D eigenvalue weighted by atomic mass is 10.1. The first-order chi connectivity index (χ1) is 9.59. The van der Waals surface area contributed by atoms with Gasteiger partial charge < -0.3 is 16.0 Å². The van der Waals surface area contributed by atoms with Crippen LogP contribution in [0.1, 0.15) is 32.6 Å². The lowest BCUT2D eigenvalue weighted by molar-refractivity contribution is -0.121. The summed E-state index contributed by atoms with van der Waals surface area (Å²) in [6, 6.07) is 10.4. The van der Waals surface area contributed by atoms with Crippen molar-refractivity contribution in [1.82, 2.24) is 5.32 Å². The van der Waals surface area contributed by atoms with Crippen LogP contribution in [0.15, 0.2) is 30.3 Å². The van der Waals surface area contributed by atoms with Crippen LogP contribution in [0.3, 0.4) is 0 Å². The van der Waals surface area contributed by atoms with Crippen molar-refractivity contribution in [3.8, 4) is 0 Å². The van der Waals surface area contributed by atoms with Crippen molar-refractivity contribution < 1.29 is 4.79 Å². The van der Waals surface area contributed by atoms with Crippen molar-refractivity contribution in [3.63, 3.8) is 0 Å². The SMILES string of the molecule is CC(N)CCCC(=O)NCCCN(C)c1ccccc1. The van der Waals surface area contributed by atoms with E-state index in [4.69, 9.17) is 5.73 Å². The maximum atomic E-state index is 11.6. The Bertz CT molecular complexity index is 379. The highest BCUT2D eigenvalue weighted by molar-refractivity contribution is 5.75. The van der Waals surface area contributed by atoms with Crippen LogP contribution in [0.5, 0.6) is 0 Å². The molecule has 0 bridgehead atoms. The maximum Gasteiger partial charge on any atom is 0.219 e. The van der Waals surface area contributed by atoms with Gasteiger partial charge in [0.2, 0.25) is 5.91 Å². The van der Waals surface area contributed by atoms with Crippen LogP contribution < -0.4 is 16.0 Å². The summed E-state index contributed by atoms with van der Waals surface area (Å²) in [5.41, 5.74) is 6.86. The molecule has 0 radical (unpaired) electrons. The Hall–Kier alpha value is -1.55. The minimum Gasteiger partial charge on any atom is -0.375 e. The summed E-state index contributed by atoms with van der Waals surface area (Å²) in [5, 5.41) is 2.96. The molecular formula is C16H27N3O. The molecule has 1 unspecified atom stereocenters. The molecule has 0 aliphatic rings. The summed E-state index contributed by atoms with van der Waals surface area (Å²) >= 11 is 0. The first-order valence-electron chi connectivity index (χ1n) is 7.38. The number of carbonyl (C=O) groups excluding carboxylic acids is 1. The van der Waals surface area contributed by atoms with E-state index in [0.29, 0.717) is 6.42 Å². The Balaban J connectivity index is 2.08. The minimum atomic E-state index is 0.132. The van der Waals surface area contributed by atoms with Gasteiger partial charge in [-0.2, -0.15) is 0 Å². The first kappa shape index (κ1) is 16.5. The average molecular weight is 277 g/mol. The summed E-state index contributed by atoms with van der Waals surface area (Å²) in [5.74, 6) is 0.132. The fourth-order valence-corrected chi connectivity index (χ4v) is 2.03. The Labute approximate surface area is 122 Å². The van der Waals surface area contributed by atoms with Crippen LogP contribution >= 0.6 is 0 Å². The smallest absolute Gasteiger partial charge is 0.219 e. The molecule has 1 amide bonds. The van der Waals surface area contributed by atoms with Gasteiger partial charge in [-0.15, -0.1) is 0 Å². The third-order valence-corrected chi connectivity index (χ3v) is 3.25. The molecule has 4 nitrogen and oxygen atoms in total. The number of hydrogen-bond acceptors (Lipinski definition) is 3. The number of hydrogen-bond donors (Lipinski definition) is 2. The van der Waals surface area contributed by atoms with E-state index in [2.05, 4.69) is 29.4 Å². The van der Waals surface area contributed by atoms with E-state index in [1.165, 1.54) is 5.69 Å². The van der Waals surface area contributed by atoms with Crippen molar-refractivity contribution in [1.29, 1.82) is 0 Å². The topological polar surface area (TPSA) is 58.4 Å². The number of amides is 1. The molecule has 0 saturated heterocycles. The van der Waals surface area contributed by atoms with Crippen LogP contribution in [0.2, 0.25) is 0 Å². The number of benzene rings is 1. The molecule has 4 heteroatoms. The monoisotopic (exact) mass is 277 g/mol. The molecule has 20 heavy (non-hydrogen) atoms. The highest BCUT2D eigenvalue weighted by atomic mass is 16.1. The fourth-order valence-electron chi connectivity index (χ4n) is 2.03. The van der Waals surface area contributed by atoms with Gasteiger partial charge in [-0.1, -0.05) is 18.2 Å². The van der Waals surface area contributed by atoms with E-state index in [1.807, 2.05) is 25.1 Å². The number of anilines is 1. The molecule has 1 rings (SSSR count). The zero-order valence-electron chi connectivity index (χ0n) is 12.6. The second-order valence-electron chi connectivity index (χ2n) is 5.33. The molecule has 0 aliphatic heterocycles. The second kappa shape index (κ2) is 9.37. The van der Waals surface area contributed by atoms with Crippen LogP contribution in [0.4, 0.5) is 5.69 Å². The third-order valence-electron chi connectivity index (χ3n) is 3.25. The number of carbonyl (C=O) groups is 1. The van der Waals surface area contributed by atoms with Gasteiger partial charge in [0, 0.05) is 38.3 Å². The van der Waals surface area contributed by atoms with Crippen LogP contribution in [-0.2, 0) is 4.79 Å².